The Morgan fingerprint density at radius 2 is 1.44 bits per heavy atom. The lowest BCUT2D eigenvalue weighted by molar-refractivity contribution is -0.150. The Bertz CT molecular complexity index is 1050. The Morgan fingerprint density at radius 1 is 0.824 bits per heavy atom. The van der Waals surface area contributed by atoms with Crippen LogP contribution in [0.2, 0.25) is 0 Å². The Morgan fingerprint density at radius 3 is 2.12 bits per heavy atom. The molecule has 0 aliphatic carbocycles. The summed E-state index contributed by atoms with van der Waals surface area (Å²) in [5.41, 5.74) is 1.32. The Balaban J connectivity index is 1.45. The van der Waals surface area contributed by atoms with Gasteiger partial charge in [0.1, 0.15) is 6.04 Å². The first kappa shape index (κ1) is 25.1. The van der Waals surface area contributed by atoms with Gasteiger partial charge in [0.25, 0.3) is 11.8 Å². The van der Waals surface area contributed by atoms with E-state index in [1.54, 1.807) is 36.0 Å². The van der Waals surface area contributed by atoms with Gasteiger partial charge in [-0.15, -0.1) is 11.8 Å². The molecular formula is C27H28N2O4S. The topological polar surface area (TPSA) is 84.5 Å². The molecule has 7 heteroatoms. The average molecular weight is 477 g/mol. The zero-order valence-corrected chi connectivity index (χ0v) is 19.6. The van der Waals surface area contributed by atoms with Gasteiger partial charge in [0.15, 0.2) is 6.61 Å². The second-order valence-corrected chi connectivity index (χ2v) is 8.72. The van der Waals surface area contributed by atoms with Crippen molar-refractivity contribution in [2.45, 2.75) is 23.8 Å². The van der Waals surface area contributed by atoms with E-state index in [2.05, 4.69) is 10.6 Å². The van der Waals surface area contributed by atoms with E-state index in [0.29, 0.717) is 12.1 Å². The van der Waals surface area contributed by atoms with Crippen molar-refractivity contribution in [1.29, 1.82) is 0 Å². The number of ether oxygens (including phenoxy) is 1. The van der Waals surface area contributed by atoms with Gasteiger partial charge >= 0.3 is 5.97 Å². The lowest BCUT2D eigenvalue weighted by Gasteiger charge is -2.18. The lowest BCUT2D eigenvalue weighted by atomic mass is 10.1. The molecule has 0 aliphatic rings. The maximum atomic E-state index is 12.7. The first-order valence-corrected chi connectivity index (χ1v) is 12.1. The second-order valence-electron chi connectivity index (χ2n) is 7.55. The van der Waals surface area contributed by atoms with E-state index in [1.807, 2.05) is 66.7 Å². The molecule has 0 saturated heterocycles. The first-order chi connectivity index (χ1) is 16.6. The van der Waals surface area contributed by atoms with Crippen LogP contribution in [-0.4, -0.2) is 42.7 Å². The van der Waals surface area contributed by atoms with Crippen LogP contribution in [0.5, 0.6) is 0 Å². The highest BCUT2D eigenvalue weighted by Crippen LogP contribution is 2.17. The molecule has 0 fully saturated rings. The minimum Gasteiger partial charge on any atom is -0.454 e. The van der Waals surface area contributed by atoms with Crippen molar-refractivity contribution in [3.63, 3.8) is 0 Å². The first-order valence-electron chi connectivity index (χ1n) is 11.1. The molecule has 34 heavy (non-hydrogen) atoms. The molecular weight excluding hydrogens is 448 g/mol. The van der Waals surface area contributed by atoms with Crippen molar-refractivity contribution in [2.24, 2.45) is 0 Å². The summed E-state index contributed by atoms with van der Waals surface area (Å²) >= 11 is 1.72. The van der Waals surface area contributed by atoms with Crippen LogP contribution in [-0.2, 0) is 20.7 Å². The molecule has 1 unspecified atom stereocenters. The summed E-state index contributed by atoms with van der Waals surface area (Å²) in [6.45, 7) is 0.103. The minimum absolute atomic E-state index is 0.260. The third kappa shape index (κ3) is 8.75. The predicted molar refractivity (Wildman–Crippen MR) is 134 cm³/mol. The van der Waals surface area contributed by atoms with Gasteiger partial charge in [-0.25, -0.2) is 4.79 Å². The number of benzene rings is 3. The standard InChI is InChI=1S/C27H28N2O4S/c30-25(28-17-10-18-34-23-15-8-3-9-16-23)20-33-27(32)24(19-21-11-4-1-5-12-21)29-26(31)22-13-6-2-7-14-22/h1-9,11-16,24H,10,17-20H2,(H,28,30)(H,29,31). The van der Waals surface area contributed by atoms with E-state index >= 15 is 0 Å². The summed E-state index contributed by atoms with van der Waals surface area (Å²) in [7, 11) is 0. The molecule has 0 heterocycles. The van der Waals surface area contributed by atoms with Gasteiger partial charge in [-0.2, -0.15) is 0 Å². The summed E-state index contributed by atoms with van der Waals surface area (Å²) in [5, 5.41) is 5.50. The van der Waals surface area contributed by atoms with E-state index in [0.717, 1.165) is 17.7 Å². The van der Waals surface area contributed by atoms with Crippen LogP contribution < -0.4 is 10.6 Å². The second kappa shape index (κ2) is 13.9. The quantitative estimate of drug-likeness (QED) is 0.236. The monoisotopic (exact) mass is 476 g/mol. The van der Waals surface area contributed by atoms with Gasteiger partial charge in [0.2, 0.25) is 0 Å². The van der Waals surface area contributed by atoms with Crippen LogP contribution >= 0.6 is 11.8 Å². The summed E-state index contributed by atoms with van der Waals surface area (Å²) in [5.74, 6) is -0.526. The fraction of sp³-hybridized carbons (Fsp3) is 0.222. The zero-order chi connectivity index (χ0) is 24.0. The molecule has 3 aromatic carbocycles. The molecule has 0 saturated carbocycles. The zero-order valence-electron chi connectivity index (χ0n) is 18.8. The van der Waals surface area contributed by atoms with Crippen molar-refractivity contribution >= 4 is 29.5 Å². The minimum atomic E-state index is -0.912. The van der Waals surface area contributed by atoms with Gasteiger partial charge in [0.05, 0.1) is 0 Å². The number of esters is 1. The number of carbonyl (C=O) groups excluding carboxylic acids is 3. The van der Waals surface area contributed by atoms with Gasteiger partial charge in [-0.05, 0) is 42.0 Å². The SMILES string of the molecule is O=C(COC(=O)C(Cc1ccccc1)NC(=O)c1ccccc1)NCCCSc1ccccc1. The molecule has 0 radical (unpaired) electrons. The Hall–Kier alpha value is -3.58. The molecule has 2 amide bonds. The van der Waals surface area contributed by atoms with Gasteiger partial charge in [0, 0.05) is 23.4 Å². The highest BCUT2D eigenvalue weighted by atomic mass is 32.2. The molecule has 1 atom stereocenters. The van der Waals surface area contributed by atoms with E-state index < -0.39 is 18.6 Å². The molecule has 3 aromatic rings. The summed E-state index contributed by atoms with van der Waals surface area (Å²) < 4.78 is 5.23. The number of hydrogen-bond acceptors (Lipinski definition) is 5. The smallest absolute Gasteiger partial charge is 0.329 e. The average Bonchev–Trinajstić information content (AvgIpc) is 2.88. The van der Waals surface area contributed by atoms with Crippen LogP contribution in [0.15, 0.2) is 95.9 Å². The van der Waals surface area contributed by atoms with Gasteiger partial charge < -0.3 is 15.4 Å². The molecule has 0 spiro atoms. The summed E-state index contributed by atoms with van der Waals surface area (Å²) in [6.07, 6.45) is 1.06. The molecule has 2 N–H and O–H groups in total. The largest absolute Gasteiger partial charge is 0.454 e. The Kier molecular flexibility index (Phi) is 10.2. The third-order valence-corrected chi connectivity index (χ3v) is 6.01. The van der Waals surface area contributed by atoms with E-state index in [4.69, 9.17) is 4.74 Å². The fourth-order valence-electron chi connectivity index (χ4n) is 3.17. The molecule has 6 nitrogen and oxygen atoms in total. The number of amides is 2. The highest BCUT2D eigenvalue weighted by Gasteiger charge is 2.24. The fourth-order valence-corrected chi connectivity index (χ4v) is 4.04. The Labute approximate surface area is 204 Å². The summed E-state index contributed by atoms with van der Waals surface area (Å²) in [4.78, 5) is 38.6. The third-order valence-electron chi connectivity index (χ3n) is 4.91. The number of nitrogens with one attached hydrogen (secondary N) is 2. The van der Waals surface area contributed by atoms with Crippen LogP contribution in [0.1, 0.15) is 22.3 Å². The number of thioether (sulfide) groups is 1. The summed E-state index contributed by atoms with van der Waals surface area (Å²) in [6, 6.07) is 27.1. The van der Waals surface area contributed by atoms with Crippen molar-refractivity contribution in [3.8, 4) is 0 Å². The number of rotatable bonds is 12. The van der Waals surface area contributed by atoms with Crippen molar-refractivity contribution < 1.29 is 19.1 Å². The van der Waals surface area contributed by atoms with Crippen molar-refractivity contribution in [1.82, 2.24) is 10.6 Å². The van der Waals surface area contributed by atoms with Crippen LogP contribution in [0.4, 0.5) is 0 Å². The maximum Gasteiger partial charge on any atom is 0.329 e. The molecule has 3 rings (SSSR count). The van der Waals surface area contributed by atoms with E-state index in [1.165, 1.54) is 4.90 Å². The normalized spacial score (nSPS) is 11.3. The van der Waals surface area contributed by atoms with Crippen molar-refractivity contribution in [2.75, 3.05) is 18.9 Å². The van der Waals surface area contributed by atoms with Gasteiger partial charge in [-0.1, -0.05) is 66.7 Å². The molecule has 0 aromatic heterocycles. The lowest BCUT2D eigenvalue weighted by Crippen LogP contribution is -2.44. The molecule has 0 aliphatic heterocycles. The highest BCUT2D eigenvalue weighted by molar-refractivity contribution is 7.99. The van der Waals surface area contributed by atoms with Gasteiger partial charge in [-0.3, -0.25) is 9.59 Å². The molecule has 0 bridgehead atoms. The number of hydrogen-bond donors (Lipinski definition) is 2. The van der Waals surface area contributed by atoms with Crippen LogP contribution in [0.3, 0.4) is 0 Å². The van der Waals surface area contributed by atoms with Crippen LogP contribution in [0, 0.1) is 0 Å². The molecule has 176 valence electrons. The van der Waals surface area contributed by atoms with E-state index in [-0.39, 0.29) is 18.2 Å². The maximum absolute atomic E-state index is 12.7. The van der Waals surface area contributed by atoms with Crippen LogP contribution in [0.25, 0.3) is 0 Å². The number of carbonyl (C=O) groups is 3. The van der Waals surface area contributed by atoms with E-state index in [9.17, 15) is 14.4 Å². The predicted octanol–water partition coefficient (Wildman–Crippen LogP) is 3.87. The van der Waals surface area contributed by atoms with Crippen molar-refractivity contribution in [3.05, 3.63) is 102 Å².